The van der Waals surface area contributed by atoms with Crippen molar-refractivity contribution in [1.82, 2.24) is 0 Å². The molecular formula is C23H18ClNO3. The zero-order valence-corrected chi connectivity index (χ0v) is 16.0. The molecule has 1 aliphatic rings. The zero-order valence-electron chi connectivity index (χ0n) is 15.2. The summed E-state index contributed by atoms with van der Waals surface area (Å²) in [4.78, 5) is 23.7. The molecule has 1 N–H and O–H groups in total. The van der Waals surface area contributed by atoms with E-state index in [0.717, 1.165) is 11.1 Å². The second-order valence-corrected chi connectivity index (χ2v) is 7.11. The molecule has 3 aromatic carbocycles. The number of anilines is 1. The fraction of sp³-hybridized carbons (Fsp3) is 0.130. The van der Waals surface area contributed by atoms with E-state index in [9.17, 15) is 9.59 Å². The Kier molecular flexibility index (Phi) is 4.88. The maximum atomic E-state index is 12.3. The van der Waals surface area contributed by atoms with Crippen LogP contribution in [0.3, 0.4) is 0 Å². The van der Waals surface area contributed by atoms with Gasteiger partial charge in [0.1, 0.15) is 6.61 Å². The van der Waals surface area contributed by atoms with Crippen molar-refractivity contribution in [3.05, 3.63) is 88.4 Å². The van der Waals surface area contributed by atoms with Crippen LogP contribution in [0.4, 0.5) is 10.5 Å². The standard InChI is InChI=1S/C23H18ClNO3/c1-14(26)16-11-10-15(12-22(16)24)25-23(27)28-13-21-19-8-4-2-6-17(19)18-7-3-5-9-20(18)21/h2-12,21H,13H2,1H3,(H,25,27). The first-order valence-electron chi connectivity index (χ1n) is 8.97. The van der Waals surface area contributed by atoms with Gasteiger partial charge in [-0.1, -0.05) is 60.1 Å². The van der Waals surface area contributed by atoms with Gasteiger partial charge in [0.2, 0.25) is 0 Å². The highest BCUT2D eigenvalue weighted by molar-refractivity contribution is 6.34. The van der Waals surface area contributed by atoms with E-state index in [1.54, 1.807) is 18.2 Å². The topological polar surface area (TPSA) is 55.4 Å². The van der Waals surface area contributed by atoms with Crippen LogP contribution in [-0.2, 0) is 4.74 Å². The Morgan fingerprint density at radius 1 is 0.964 bits per heavy atom. The monoisotopic (exact) mass is 391 g/mol. The lowest BCUT2D eigenvalue weighted by molar-refractivity contribution is 0.101. The molecule has 0 aromatic heterocycles. The molecule has 28 heavy (non-hydrogen) atoms. The first kappa shape index (κ1) is 18.3. The fourth-order valence-electron chi connectivity index (χ4n) is 3.63. The van der Waals surface area contributed by atoms with Gasteiger partial charge in [0, 0.05) is 17.2 Å². The molecule has 1 aliphatic carbocycles. The molecule has 140 valence electrons. The smallest absolute Gasteiger partial charge is 0.411 e. The van der Waals surface area contributed by atoms with Crippen LogP contribution in [0.5, 0.6) is 0 Å². The number of carbonyl (C=O) groups is 2. The van der Waals surface area contributed by atoms with Crippen LogP contribution in [0.2, 0.25) is 5.02 Å². The molecule has 3 aromatic rings. The van der Waals surface area contributed by atoms with Gasteiger partial charge in [0.15, 0.2) is 5.78 Å². The van der Waals surface area contributed by atoms with Crippen LogP contribution in [0.25, 0.3) is 11.1 Å². The first-order valence-corrected chi connectivity index (χ1v) is 9.35. The number of hydrogen-bond donors (Lipinski definition) is 1. The first-order chi connectivity index (χ1) is 13.5. The van der Waals surface area contributed by atoms with Crippen molar-refractivity contribution in [3.63, 3.8) is 0 Å². The van der Waals surface area contributed by atoms with E-state index in [2.05, 4.69) is 29.6 Å². The van der Waals surface area contributed by atoms with Gasteiger partial charge in [-0.05, 0) is 47.4 Å². The summed E-state index contributed by atoms with van der Waals surface area (Å²) in [6, 6.07) is 21.1. The molecule has 1 amide bonds. The molecule has 0 radical (unpaired) electrons. The number of Topliss-reactive ketones (excluding diaryl/α,β-unsaturated/α-hetero) is 1. The summed E-state index contributed by atoms with van der Waals surface area (Å²) in [6.07, 6.45) is -0.562. The summed E-state index contributed by atoms with van der Waals surface area (Å²) in [5.41, 5.74) is 5.57. The van der Waals surface area contributed by atoms with Crippen molar-refractivity contribution in [2.45, 2.75) is 12.8 Å². The van der Waals surface area contributed by atoms with Crippen LogP contribution in [-0.4, -0.2) is 18.5 Å². The van der Waals surface area contributed by atoms with E-state index in [1.807, 2.05) is 24.3 Å². The summed E-state index contributed by atoms with van der Waals surface area (Å²) in [5.74, 6) is -0.125. The average Bonchev–Trinajstić information content (AvgIpc) is 3.00. The van der Waals surface area contributed by atoms with Gasteiger partial charge >= 0.3 is 6.09 Å². The summed E-state index contributed by atoms with van der Waals surface area (Å²) in [7, 11) is 0. The van der Waals surface area contributed by atoms with Crippen LogP contribution in [0.1, 0.15) is 34.3 Å². The maximum absolute atomic E-state index is 12.3. The van der Waals surface area contributed by atoms with Gasteiger partial charge in [0.05, 0.1) is 5.02 Å². The Bertz CT molecular complexity index is 1030. The van der Waals surface area contributed by atoms with Gasteiger partial charge in [0.25, 0.3) is 0 Å². The van der Waals surface area contributed by atoms with E-state index in [0.29, 0.717) is 16.3 Å². The number of ether oxygens (including phenoxy) is 1. The Balaban J connectivity index is 1.47. The van der Waals surface area contributed by atoms with Gasteiger partial charge < -0.3 is 4.74 Å². The number of hydrogen-bond acceptors (Lipinski definition) is 3. The zero-order chi connectivity index (χ0) is 19.7. The van der Waals surface area contributed by atoms with Crippen molar-refractivity contribution in [2.24, 2.45) is 0 Å². The second-order valence-electron chi connectivity index (χ2n) is 6.70. The minimum absolute atomic E-state index is 0.00169. The number of ketones is 1. The Hall–Kier alpha value is -3.11. The maximum Gasteiger partial charge on any atom is 0.411 e. The Morgan fingerprint density at radius 3 is 2.14 bits per heavy atom. The lowest BCUT2D eigenvalue weighted by atomic mass is 9.98. The third kappa shape index (κ3) is 3.39. The molecule has 0 aliphatic heterocycles. The highest BCUT2D eigenvalue weighted by Crippen LogP contribution is 2.44. The van der Waals surface area contributed by atoms with Gasteiger partial charge in [-0.2, -0.15) is 0 Å². The normalized spacial score (nSPS) is 12.2. The SMILES string of the molecule is CC(=O)c1ccc(NC(=O)OCC2c3ccccc3-c3ccccc32)cc1Cl. The summed E-state index contributed by atoms with van der Waals surface area (Å²) >= 11 is 6.09. The molecular weight excluding hydrogens is 374 g/mol. The highest BCUT2D eigenvalue weighted by Gasteiger charge is 2.29. The third-order valence-corrected chi connectivity index (χ3v) is 5.25. The van der Waals surface area contributed by atoms with Crippen molar-refractivity contribution in [3.8, 4) is 11.1 Å². The van der Waals surface area contributed by atoms with Gasteiger partial charge in [-0.25, -0.2) is 4.79 Å². The minimum atomic E-state index is -0.562. The van der Waals surface area contributed by atoms with Crippen molar-refractivity contribution >= 4 is 29.2 Å². The lowest BCUT2D eigenvalue weighted by Crippen LogP contribution is -2.18. The number of benzene rings is 3. The number of rotatable bonds is 4. The summed E-state index contributed by atoms with van der Waals surface area (Å²) in [6.45, 7) is 1.68. The molecule has 4 nitrogen and oxygen atoms in total. The second kappa shape index (κ2) is 7.49. The van der Waals surface area contributed by atoms with Crippen molar-refractivity contribution in [1.29, 1.82) is 0 Å². The third-order valence-electron chi connectivity index (χ3n) is 4.94. The Morgan fingerprint density at radius 2 is 1.57 bits per heavy atom. The van der Waals surface area contributed by atoms with E-state index in [-0.39, 0.29) is 18.3 Å². The average molecular weight is 392 g/mol. The minimum Gasteiger partial charge on any atom is -0.448 e. The number of amides is 1. The molecule has 0 saturated carbocycles. The largest absolute Gasteiger partial charge is 0.448 e. The van der Waals surface area contributed by atoms with Crippen molar-refractivity contribution < 1.29 is 14.3 Å². The van der Waals surface area contributed by atoms with Gasteiger partial charge in [-0.15, -0.1) is 0 Å². The summed E-state index contributed by atoms with van der Waals surface area (Å²) < 4.78 is 5.50. The molecule has 0 atom stereocenters. The van der Waals surface area contributed by atoms with E-state index in [1.165, 1.54) is 18.1 Å². The van der Waals surface area contributed by atoms with Crippen molar-refractivity contribution in [2.75, 3.05) is 11.9 Å². The Labute approximate surface area is 168 Å². The number of fused-ring (bicyclic) bond motifs is 3. The highest BCUT2D eigenvalue weighted by atomic mass is 35.5. The predicted molar refractivity (Wildman–Crippen MR) is 110 cm³/mol. The number of halogens is 1. The van der Waals surface area contributed by atoms with Crippen LogP contribution in [0.15, 0.2) is 66.7 Å². The van der Waals surface area contributed by atoms with E-state index >= 15 is 0 Å². The molecule has 0 heterocycles. The molecule has 0 unspecified atom stereocenters. The van der Waals surface area contributed by atoms with Crippen LogP contribution in [0, 0.1) is 0 Å². The molecule has 0 saturated heterocycles. The van der Waals surface area contributed by atoms with Crippen LogP contribution < -0.4 is 5.32 Å². The number of carbonyl (C=O) groups excluding carboxylic acids is 2. The molecule has 4 rings (SSSR count). The predicted octanol–water partition coefficient (Wildman–Crippen LogP) is 5.90. The fourth-order valence-corrected chi connectivity index (χ4v) is 3.94. The molecule has 0 bridgehead atoms. The van der Waals surface area contributed by atoms with E-state index in [4.69, 9.17) is 16.3 Å². The van der Waals surface area contributed by atoms with Gasteiger partial charge in [-0.3, -0.25) is 10.1 Å². The summed E-state index contributed by atoms with van der Waals surface area (Å²) in [5, 5.41) is 2.96. The molecule has 0 fully saturated rings. The quantitative estimate of drug-likeness (QED) is 0.563. The number of nitrogens with one attached hydrogen (secondary N) is 1. The molecule has 0 spiro atoms. The molecule has 5 heteroatoms. The van der Waals surface area contributed by atoms with Crippen LogP contribution >= 0.6 is 11.6 Å². The lowest BCUT2D eigenvalue weighted by Gasteiger charge is -2.15. The van der Waals surface area contributed by atoms with E-state index < -0.39 is 6.09 Å².